The number of fused-ring (bicyclic) bond motifs is 1. The third-order valence-corrected chi connectivity index (χ3v) is 4.77. The summed E-state index contributed by atoms with van der Waals surface area (Å²) in [5.74, 6) is -1.17. The Bertz CT molecular complexity index is 696. The second kappa shape index (κ2) is 8.16. The highest BCUT2D eigenvalue weighted by Crippen LogP contribution is 2.23. The monoisotopic (exact) mass is 385 g/mol. The molecular weight excluding hydrogens is 363 g/mol. The lowest BCUT2D eigenvalue weighted by Gasteiger charge is -2.26. The second-order valence-corrected chi connectivity index (χ2v) is 6.69. The standard InChI is InChI=1S/C18H22F3N3O3/c19-18(20,21)17(26)24-7-3-6-23(8-9-24)16(25)13-22-10-11-27-15-5-2-1-4-14(15)12-22/h1-2,4-5H,3,6-13H2. The van der Waals surface area contributed by atoms with Gasteiger partial charge >= 0.3 is 12.1 Å². The molecule has 0 atom stereocenters. The fraction of sp³-hybridized carbons (Fsp3) is 0.556. The van der Waals surface area contributed by atoms with Crippen LogP contribution in [0.1, 0.15) is 12.0 Å². The SMILES string of the molecule is O=C(CN1CCOc2ccccc2C1)N1CCCN(C(=O)C(F)(F)F)CC1. The van der Waals surface area contributed by atoms with E-state index in [1.54, 1.807) is 4.90 Å². The largest absolute Gasteiger partial charge is 0.492 e. The maximum Gasteiger partial charge on any atom is 0.471 e. The zero-order chi connectivity index (χ0) is 19.4. The lowest BCUT2D eigenvalue weighted by molar-refractivity contribution is -0.185. The summed E-state index contributed by atoms with van der Waals surface area (Å²) in [5, 5.41) is 0. The summed E-state index contributed by atoms with van der Waals surface area (Å²) in [4.78, 5) is 28.3. The van der Waals surface area contributed by atoms with Gasteiger partial charge in [0.1, 0.15) is 12.4 Å². The van der Waals surface area contributed by atoms with Gasteiger partial charge < -0.3 is 14.5 Å². The Labute approximate surface area is 155 Å². The Kier molecular flexibility index (Phi) is 5.88. The first kappa shape index (κ1) is 19.5. The van der Waals surface area contributed by atoms with Crippen LogP contribution in [0.3, 0.4) is 0 Å². The number of carbonyl (C=O) groups excluding carboxylic acids is 2. The fourth-order valence-electron chi connectivity index (χ4n) is 3.36. The normalized spacial score (nSPS) is 18.9. The average molecular weight is 385 g/mol. The van der Waals surface area contributed by atoms with E-state index < -0.39 is 12.1 Å². The van der Waals surface area contributed by atoms with E-state index in [9.17, 15) is 22.8 Å². The van der Waals surface area contributed by atoms with Crippen LogP contribution in [0.2, 0.25) is 0 Å². The maximum atomic E-state index is 12.6. The molecule has 0 aliphatic carbocycles. The Morgan fingerprint density at radius 1 is 1.00 bits per heavy atom. The number of para-hydroxylation sites is 1. The Hall–Kier alpha value is -2.29. The van der Waals surface area contributed by atoms with Crippen molar-refractivity contribution in [1.29, 1.82) is 0 Å². The molecule has 2 amide bonds. The van der Waals surface area contributed by atoms with E-state index in [2.05, 4.69) is 0 Å². The van der Waals surface area contributed by atoms with Gasteiger partial charge in [0, 0.05) is 44.8 Å². The quantitative estimate of drug-likeness (QED) is 0.775. The van der Waals surface area contributed by atoms with Crippen LogP contribution in [0.25, 0.3) is 0 Å². The zero-order valence-corrected chi connectivity index (χ0v) is 14.9. The van der Waals surface area contributed by atoms with Crippen molar-refractivity contribution < 1.29 is 27.5 Å². The first-order chi connectivity index (χ1) is 12.8. The molecular formula is C18H22F3N3O3. The number of benzene rings is 1. The smallest absolute Gasteiger partial charge is 0.471 e. The first-order valence-electron chi connectivity index (χ1n) is 8.91. The molecule has 0 radical (unpaired) electrons. The minimum atomic E-state index is -4.88. The molecule has 0 spiro atoms. The van der Waals surface area contributed by atoms with E-state index in [0.29, 0.717) is 32.7 Å². The van der Waals surface area contributed by atoms with E-state index in [-0.39, 0.29) is 32.1 Å². The molecule has 2 aliphatic rings. The third kappa shape index (κ3) is 4.91. The topological polar surface area (TPSA) is 53.1 Å². The molecule has 0 N–H and O–H groups in total. The van der Waals surface area contributed by atoms with E-state index in [1.165, 1.54) is 0 Å². The van der Waals surface area contributed by atoms with E-state index in [1.807, 2.05) is 29.2 Å². The number of alkyl halides is 3. The Balaban J connectivity index is 1.56. The number of rotatable bonds is 2. The predicted octanol–water partition coefficient (Wildman–Crippen LogP) is 1.50. The van der Waals surface area contributed by atoms with Gasteiger partial charge in [-0.3, -0.25) is 14.5 Å². The Morgan fingerprint density at radius 3 is 2.48 bits per heavy atom. The van der Waals surface area contributed by atoms with Crippen LogP contribution in [0.4, 0.5) is 13.2 Å². The van der Waals surface area contributed by atoms with Crippen molar-refractivity contribution in [3.05, 3.63) is 29.8 Å². The van der Waals surface area contributed by atoms with Crippen molar-refractivity contribution in [3.8, 4) is 5.75 Å². The van der Waals surface area contributed by atoms with Crippen molar-refractivity contribution in [3.63, 3.8) is 0 Å². The van der Waals surface area contributed by atoms with Crippen LogP contribution in [-0.4, -0.2) is 78.6 Å². The zero-order valence-electron chi connectivity index (χ0n) is 14.9. The number of nitrogens with zero attached hydrogens (tertiary/aromatic N) is 3. The van der Waals surface area contributed by atoms with Gasteiger partial charge in [-0.2, -0.15) is 13.2 Å². The summed E-state index contributed by atoms with van der Waals surface area (Å²) < 4.78 is 43.5. The maximum absolute atomic E-state index is 12.6. The van der Waals surface area contributed by atoms with Crippen LogP contribution < -0.4 is 4.74 Å². The molecule has 1 fully saturated rings. The van der Waals surface area contributed by atoms with E-state index >= 15 is 0 Å². The molecule has 0 aromatic heterocycles. The summed E-state index contributed by atoms with van der Waals surface area (Å²) in [7, 11) is 0. The highest BCUT2D eigenvalue weighted by Gasteiger charge is 2.42. The minimum absolute atomic E-state index is 0.00700. The minimum Gasteiger partial charge on any atom is -0.492 e. The molecule has 1 saturated heterocycles. The van der Waals surface area contributed by atoms with Gasteiger partial charge in [-0.1, -0.05) is 18.2 Å². The average Bonchev–Trinajstić information content (AvgIpc) is 2.98. The Morgan fingerprint density at radius 2 is 1.70 bits per heavy atom. The van der Waals surface area contributed by atoms with E-state index in [0.717, 1.165) is 16.2 Å². The molecule has 0 bridgehead atoms. The van der Waals surface area contributed by atoms with Crippen LogP contribution in [0.15, 0.2) is 24.3 Å². The first-order valence-corrected chi connectivity index (χ1v) is 8.91. The van der Waals surface area contributed by atoms with Crippen LogP contribution in [-0.2, 0) is 16.1 Å². The highest BCUT2D eigenvalue weighted by atomic mass is 19.4. The highest BCUT2D eigenvalue weighted by molar-refractivity contribution is 5.82. The molecule has 2 aliphatic heterocycles. The molecule has 1 aromatic carbocycles. The number of carbonyl (C=O) groups is 2. The number of amides is 2. The second-order valence-electron chi connectivity index (χ2n) is 6.69. The number of ether oxygens (including phenoxy) is 1. The van der Waals surface area contributed by atoms with Crippen molar-refractivity contribution in [2.75, 3.05) is 45.9 Å². The summed E-state index contributed by atoms with van der Waals surface area (Å²) in [5.41, 5.74) is 1.00. The van der Waals surface area contributed by atoms with Gasteiger partial charge in [0.05, 0.1) is 6.54 Å². The molecule has 1 aromatic rings. The van der Waals surface area contributed by atoms with Gasteiger partial charge in [0.25, 0.3) is 0 Å². The summed E-state index contributed by atoms with van der Waals surface area (Å²) in [6.45, 7) is 2.18. The van der Waals surface area contributed by atoms with E-state index in [4.69, 9.17) is 4.74 Å². The number of hydrogen-bond donors (Lipinski definition) is 0. The number of halogens is 3. The fourth-order valence-corrected chi connectivity index (χ4v) is 3.36. The van der Waals surface area contributed by atoms with Crippen LogP contribution in [0.5, 0.6) is 5.75 Å². The van der Waals surface area contributed by atoms with Crippen LogP contribution in [0, 0.1) is 0 Å². The molecule has 2 heterocycles. The summed E-state index contributed by atoms with van der Waals surface area (Å²) >= 11 is 0. The molecule has 0 unspecified atom stereocenters. The molecule has 6 nitrogen and oxygen atoms in total. The predicted molar refractivity (Wildman–Crippen MR) is 91.0 cm³/mol. The summed E-state index contributed by atoms with van der Waals surface area (Å²) in [6, 6.07) is 7.64. The molecule has 27 heavy (non-hydrogen) atoms. The van der Waals surface area contributed by atoms with Gasteiger partial charge in [0.15, 0.2) is 0 Å². The van der Waals surface area contributed by atoms with Gasteiger partial charge in [0.2, 0.25) is 5.91 Å². The van der Waals surface area contributed by atoms with Gasteiger partial charge in [-0.15, -0.1) is 0 Å². The molecule has 9 heteroatoms. The van der Waals surface area contributed by atoms with Crippen LogP contribution >= 0.6 is 0 Å². The third-order valence-electron chi connectivity index (χ3n) is 4.77. The van der Waals surface area contributed by atoms with Crippen molar-refractivity contribution in [2.24, 2.45) is 0 Å². The van der Waals surface area contributed by atoms with Crippen molar-refractivity contribution >= 4 is 11.8 Å². The van der Waals surface area contributed by atoms with Crippen molar-refractivity contribution in [1.82, 2.24) is 14.7 Å². The molecule has 3 rings (SSSR count). The van der Waals surface area contributed by atoms with Gasteiger partial charge in [-0.05, 0) is 12.5 Å². The van der Waals surface area contributed by atoms with Gasteiger partial charge in [-0.25, -0.2) is 0 Å². The van der Waals surface area contributed by atoms with Crippen molar-refractivity contribution in [2.45, 2.75) is 19.1 Å². The lowest BCUT2D eigenvalue weighted by Crippen LogP contribution is -2.45. The number of hydrogen-bond acceptors (Lipinski definition) is 4. The lowest BCUT2D eigenvalue weighted by atomic mass is 10.2. The summed E-state index contributed by atoms with van der Waals surface area (Å²) in [6.07, 6.45) is -4.54. The molecule has 0 saturated carbocycles. The molecule has 148 valence electrons.